The first-order valence-corrected chi connectivity index (χ1v) is 7.90. The van der Waals surface area contributed by atoms with Crippen LogP contribution in [0.5, 0.6) is 0 Å². The van der Waals surface area contributed by atoms with Crippen molar-refractivity contribution < 1.29 is 27.5 Å². The van der Waals surface area contributed by atoms with Gasteiger partial charge >= 0.3 is 12.1 Å². The molecule has 0 fully saturated rings. The van der Waals surface area contributed by atoms with E-state index in [2.05, 4.69) is 5.32 Å². The molecule has 3 rings (SSSR count). The lowest BCUT2D eigenvalue weighted by molar-refractivity contribution is -0.137. The van der Waals surface area contributed by atoms with Gasteiger partial charge in [-0.15, -0.1) is 0 Å². The van der Waals surface area contributed by atoms with Gasteiger partial charge in [-0.2, -0.15) is 13.2 Å². The van der Waals surface area contributed by atoms with Crippen LogP contribution in [0.4, 0.5) is 18.9 Å². The van der Waals surface area contributed by atoms with E-state index in [1.54, 1.807) is 18.2 Å². The largest absolute Gasteiger partial charge is 0.445 e. The van der Waals surface area contributed by atoms with E-state index in [4.69, 9.17) is 4.74 Å². The van der Waals surface area contributed by atoms with Crippen molar-refractivity contribution in [1.29, 1.82) is 0 Å². The standard InChI is InChI=1S/C19H16F3NO3/c1-11-6-7-15-12(8-11)10-18(2,26-16(15)24)17(25)23-14-5-3-4-13(9-14)19(20,21)22/h3-9H,10H2,1-2H3,(H,23,25). The summed E-state index contributed by atoms with van der Waals surface area (Å²) in [5.74, 6) is -1.31. The number of ether oxygens (including phenoxy) is 1. The molecule has 1 heterocycles. The average Bonchev–Trinajstić information content (AvgIpc) is 2.53. The topological polar surface area (TPSA) is 55.4 Å². The molecule has 0 aromatic heterocycles. The fourth-order valence-electron chi connectivity index (χ4n) is 2.89. The maximum Gasteiger partial charge on any atom is 0.416 e. The molecule has 0 aliphatic carbocycles. The Morgan fingerprint density at radius 3 is 2.62 bits per heavy atom. The van der Waals surface area contributed by atoms with E-state index >= 15 is 0 Å². The zero-order valence-electron chi connectivity index (χ0n) is 14.1. The molecule has 0 bridgehead atoms. The SMILES string of the molecule is Cc1ccc2c(c1)CC(C)(C(=O)Nc1cccc(C(F)(F)F)c1)OC2=O. The number of anilines is 1. The van der Waals surface area contributed by atoms with Gasteiger partial charge in [0.1, 0.15) is 0 Å². The van der Waals surface area contributed by atoms with Crippen LogP contribution in [0.15, 0.2) is 42.5 Å². The quantitative estimate of drug-likeness (QED) is 0.817. The van der Waals surface area contributed by atoms with E-state index in [0.29, 0.717) is 11.1 Å². The highest BCUT2D eigenvalue weighted by Gasteiger charge is 2.43. The number of aryl methyl sites for hydroxylation is 1. The van der Waals surface area contributed by atoms with Crippen LogP contribution in [0.25, 0.3) is 0 Å². The lowest BCUT2D eigenvalue weighted by Crippen LogP contribution is -2.49. The molecule has 0 radical (unpaired) electrons. The smallest absolute Gasteiger partial charge is 0.416 e. The average molecular weight is 363 g/mol. The Morgan fingerprint density at radius 1 is 1.19 bits per heavy atom. The van der Waals surface area contributed by atoms with Gasteiger partial charge in [-0.1, -0.05) is 23.8 Å². The third-order valence-corrected chi connectivity index (χ3v) is 4.25. The Morgan fingerprint density at radius 2 is 1.92 bits per heavy atom. The van der Waals surface area contributed by atoms with Crippen molar-refractivity contribution in [3.05, 3.63) is 64.7 Å². The van der Waals surface area contributed by atoms with Gasteiger partial charge in [-0.3, -0.25) is 4.79 Å². The second kappa shape index (κ2) is 6.16. The number of carbonyl (C=O) groups is 2. The van der Waals surface area contributed by atoms with Crippen molar-refractivity contribution in [3.63, 3.8) is 0 Å². The molecule has 136 valence electrons. The number of alkyl halides is 3. The molecular weight excluding hydrogens is 347 g/mol. The summed E-state index contributed by atoms with van der Waals surface area (Å²) < 4.78 is 43.7. The lowest BCUT2D eigenvalue weighted by atomic mass is 9.88. The highest BCUT2D eigenvalue weighted by atomic mass is 19.4. The van der Waals surface area contributed by atoms with Gasteiger partial charge in [0.15, 0.2) is 5.60 Å². The van der Waals surface area contributed by atoms with Crippen LogP contribution >= 0.6 is 0 Å². The van der Waals surface area contributed by atoms with Crippen LogP contribution in [-0.2, 0) is 22.1 Å². The Bertz CT molecular complexity index is 892. The predicted molar refractivity (Wildman–Crippen MR) is 88.8 cm³/mol. The number of halogens is 3. The van der Waals surface area contributed by atoms with Crippen LogP contribution in [0, 0.1) is 6.92 Å². The molecular formula is C19H16F3NO3. The van der Waals surface area contributed by atoms with Crippen LogP contribution in [-0.4, -0.2) is 17.5 Å². The summed E-state index contributed by atoms with van der Waals surface area (Å²) in [6.07, 6.45) is -4.38. The zero-order valence-corrected chi connectivity index (χ0v) is 14.1. The Balaban J connectivity index is 1.85. The zero-order chi connectivity index (χ0) is 19.1. The number of fused-ring (bicyclic) bond motifs is 1. The van der Waals surface area contributed by atoms with Crippen molar-refractivity contribution in [2.45, 2.75) is 32.0 Å². The van der Waals surface area contributed by atoms with Crippen LogP contribution in [0.1, 0.15) is 34.0 Å². The van der Waals surface area contributed by atoms with Crippen molar-refractivity contribution >= 4 is 17.6 Å². The number of benzene rings is 2. The van der Waals surface area contributed by atoms with Gasteiger partial charge in [0.05, 0.1) is 11.1 Å². The molecule has 1 amide bonds. The van der Waals surface area contributed by atoms with Crippen molar-refractivity contribution in [1.82, 2.24) is 0 Å². The Labute approximate surface area is 148 Å². The molecule has 7 heteroatoms. The summed E-state index contributed by atoms with van der Waals surface area (Å²) in [4.78, 5) is 24.8. The minimum Gasteiger partial charge on any atom is -0.445 e. The maximum absolute atomic E-state index is 12.8. The molecule has 4 nitrogen and oxygen atoms in total. The summed E-state index contributed by atoms with van der Waals surface area (Å²) in [7, 11) is 0. The van der Waals surface area contributed by atoms with Crippen molar-refractivity contribution in [2.75, 3.05) is 5.32 Å². The molecule has 2 aromatic rings. The molecule has 0 saturated heterocycles. The number of nitrogens with one attached hydrogen (secondary N) is 1. The molecule has 1 unspecified atom stereocenters. The predicted octanol–water partition coefficient (Wildman–Crippen LogP) is 4.12. The van der Waals surface area contributed by atoms with Gasteiger partial charge in [0, 0.05) is 12.1 Å². The fraction of sp³-hybridized carbons (Fsp3) is 0.263. The highest BCUT2D eigenvalue weighted by Crippen LogP contribution is 2.32. The number of cyclic esters (lactones) is 1. The minimum atomic E-state index is -4.52. The Kier molecular flexibility index (Phi) is 4.26. The number of amides is 1. The minimum absolute atomic E-state index is 0.0165. The molecule has 1 aliphatic rings. The molecule has 1 atom stereocenters. The molecule has 26 heavy (non-hydrogen) atoms. The van der Waals surface area contributed by atoms with E-state index in [0.717, 1.165) is 17.7 Å². The molecule has 2 aromatic carbocycles. The van der Waals surface area contributed by atoms with E-state index in [1.807, 2.05) is 6.92 Å². The molecule has 0 spiro atoms. The normalized spacial score (nSPS) is 19.5. The Hall–Kier alpha value is -2.83. The highest BCUT2D eigenvalue weighted by molar-refractivity contribution is 6.02. The van der Waals surface area contributed by atoms with E-state index in [1.165, 1.54) is 19.1 Å². The van der Waals surface area contributed by atoms with Crippen LogP contribution in [0.2, 0.25) is 0 Å². The molecule has 1 N–H and O–H groups in total. The van der Waals surface area contributed by atoms with E-state index in [-0.39, 0.29) is 12.1 Å². The lowest BCUT2D eigenvalue weighted by Gasteiger charge is -2.33. The van der Waals surface area contributed by atoms with Gasteiger partial charge in [0.2, 0.25) is 0 Å². The number of carbonyl (C=O) groups excluding carboxylic acids is 2. The van der Waals surface area contributed by atoms with Gasteiger partial charge in [-0.25, -0.2) is 4.79 Å². The number of hydrogen-bond acceptors (Lipinski definition) is 3. The van der Waals surface area contributed by atoms with Crippen LogP contribution < -0.4 is 5.32 Å². The first kappa shape index (κ1) is 18.0. The van der Waals surface area contributed by atoms with Gasteiger partial charge < -0.3 is 10.1 Å². The third-order valence-electron chi connectivity index (χ3n) is 4.25. The third kappa shape index (κ3) is 3.42. The van der Waals surface area contributed by atoms with E-state index in [9.17, 15) is 22.8 Å². The first-order chi connectivity index (χ1) is 12.1. The van der Waals surface area contributed by atoms with Crippen LogP contribution in [0.3, 0.4) is 0 Å². The van der Waals surface area contributed by atoms with Gasteiger partial charge in [-0.05, 0) is 43.7 Å². The summed E-state index contributed by atoms with van der Waals surface area (Å²) in [5.41, 5.74) is -0.410. The van der Waals surface area contributed by atoms with Crippen molar-refractivity contribution in [3.8, 4) is 0 Å². The molecule has 1 aliphatic heterocycles. The number of esters is 1. The number of rotatable bonds is 2. The number of hydrogen-bond donors (Lipinski definition) is 1. The van der Waals surface area contributed by atoms with E-state index < -0.39 is 29.2 Å². The van der Waals surface area contributed by atoms with Crippen molar-refractivity contribution in [2.24, 2.45) is 0 Å². The first-order valence-electron chi connectivity index (χ1n) is 7.90. The second-order valence-corrected chi connectivity index (χ2v) is 6.49. The van der Waals surface area contributed by atoms with Gasteiger partial charge in [0.25, 0.3) is 5.91 Å². The summed E-state index contributed by atoms with van der Waals surface area (Å²) >= 11 is 0. The fourth-order valence-corrected chi connectivity index (χ4v) is 2.89. The maximum atomic E-state index is 12.8. The second-order valence-electron chi connectivity index (χ2n) is 6.49. The monoisotopic (exact) mass is 363 g/mol. The summed E-state index contributed by atoms with van der Waals surface area (Å²) in [6, 6.07) is 9.50. The summed E-state index contributed by atoms with van der Waals surface area (Å²) in [6.45, 7) is 3.30. The molecule has 0 saturated carbocycles. The summed E-state index contributed by atoms with van der Waals surface area (Å²) in [5, 5.41) is 2.41.